The third kappa shape index (κ3) is 3.64. The fourth-order valence-corrected chi connectivity index (χ4v) is 2.35. The molecule has 0 atom stereocenters. The Morgan fingerprint density at radius 1 is 1.17 bits per heavy atom. The molecule has 7 nitrogen and oxygen atoms in total. The smallest absolute Gasteiger partial charge is 0.323 e. The molecule has 0 spiro atoms. The summed E-state index contributed by atoms with van der Waals surface area (Å²) in [6, 6.07) is 11.4. The van der Waals surface area contributed by atoms with Crippen LogP contribution in [0.4, 0.5) is 5.69 Å². The molecule has 2 aromatic rings. The van der Waals surface area contributed by atoms with Crippen molar-refractivity contribution in [3.05, 3.63) is 42.5 Å². The zero-order chi connectivity index (χ0) is 17.7. The van der Waals surface area contributed by atoms with Crippen molar-refractivity contribution in [1.29, 1.82) is 0 Å². The van der Waals surface area contributed by atoms with Crippen molar-refractivity contribution in [1.82, 2.24) is 0 Å². The standard InChI is InChI=1S/C17H18N2O5/c1-24-11-6-7-14(19(10-17(22)23)16(21)9-18)13(8-11)12-4-2-3-5-15(12)20/h2-8,20H,9-10,18H2,1H3,(H,22,23). The number of hydrogen-bond acceptors (Lipinski definition) is 5. The Morgan fingerprint density at radius 2 is 1.88 bits per heavy atom. The van der Waals surface area contributed by atoms with Crippen LogP contribution in [0, 0.1) is 0 Å². The highest BCUT2D eigenvalue weighted by molar-refractivity contribution is 6.02. The number of ether oxygens (including phenoxy) is 1. The van der Waals surface area contributed by atoms with Crippen LogP contribution in [0.5, 0.6) is 11.5 Å². The van der Waals surface area contributed by atoms with Gasteiger partial charge in [-0.2, -0.15) is 0 Å². The number of benzene rings is 2. The SMILES string of the molecule is COc1ccc(N(CC(=O)O)C(=O)CN)c(-c2ccccc2O)c1. The molecule has 1 amide bonds. The number of aromatic hydroxyl groups is 1. The molecule has 24 heavy (non-hydrogen) atoms. The predicted octanol–water partition coefficient (Wildman–Crippen LogP) is 1.44. The van der Waals surface area contributed by atoms with Crippen LogP contribution in [0.15, 0.2) is 42.5 Å². The van der Waals surface area contributed by atoms with Crippen molar-refractivity contribution in [3.8, 4) is 22.6 Å². The van der Waals surface area contributed by atoms with Gasteiger partial charge >= 0.3 is 5.97 Å². The lowest BCUT2D eigenvalue weighted by Gasteiger charge is -2.24. The molecule has 0 aliphatic heterocycles. The highest BCUT2D eigenvalue weighted by atomic mass is 16.5. The summed E-state index contributed by atoms with van der Waals surface area (Å²) < 4.78 is 5.19. The van der Waals surface area contributed by atoms with E-state index in [2.05, 4.69) is 0 Å². The molecular formula is C17H18N2O5. The number of para-hydroxylation sites is 1. The van der Waals surface area contributed by atoms with E-state index in [1.165, 1.54) is 13.2 Å². The number of nitrogens with two attached hydrogens (primary N) is 1. The Labute approximate surface area is 138 Å². The van der Waals surface area contributed by atoms with Gasteiger partial charge in [0.05, 0.1) is 19.3 Å². The van der Waals surface area contributed by atoms with Crippen LogP contribution in [-0.2, 0) is 9.59 Å². The summed E-state index contributed by atoms with van der Waals surface area (Å²) in [5, 5.41) is 19.2. The Hall–Kier alpha value is -3.06. The summed E-state index contributed by atoms with van der Waals surface area (Å²) in [6.45, 7) is -0.873. The average molecular weight is 330 g/mol. The van der Waals surface area contributed by atoms with Crippen LogP contribution in [0.25, 0.3) is 11.1 Å². The second-order valence-corrected chi connectivity index (χ2v) is 4.98. The molecule has 2 rings (SSSR count). The molecule has 0 saturated carbocycles. The first-order valence-corrected chi connectivity index (χ1v) is 7.16. The summed E-state index contributed by atoms with van der Waals surface area (Å²) >= 11 is 0. The number of carboxylic acids is 1. The minimum absolute atomic E-state index is 0.00229. The van der Waals surface area contributed by atoms with Crippen LogP contribution < -0.4 is 15.4 Å². The fraction of sp³-hybridized carbons (Fsp3) is 0.176. The predicted molar refractivity (Wildman–Crippen MR) is 89.1 cm³/mol. The number of phenols is 1. The first-order chi connectivity index (χ1) is 11.5. The summed E-state index contributed by atoms with van der Waals surface area (Å²) in [7, 11) is 1.49. The average Bonchev–Trinajstić information content (AvgIpc) is 2.59. The van der Waals surface area contributed by atoms with Gasteiger partial charge in [0.1, 0.15) is 18.0 Å². The van der Waals surface area contributed by atoms with Crippen molar-refractivity contribution in [2.24, 2.45) is 5.73 Å². The topological polar surface area (TPSA) is 113 Å². The largest absolute Gasteiger partial charge is 0.507 e. The number of rotatable bonds is 6. The number of carboxylic acid groups (broad SMARTS) is 1. The molecule has 0 radical (unpaired) electrons. The van der Waals surface area contributed by atoms with E-state index in [-0.39, 0.29) is 12.3 Å². The quantitative estimate of drug-likeness (QED) is 0.739. The van der Waals surface area contributed by atoms with Crippen molar-refractivity contribution in [2.75, 3.05) is 25.1 Å². The zero-order valence-corrected chi connectivity index (χ0v) is 13.1. The maximum absolute atomic E-state index is 12.1. The number of amides is 1. The van der Waals surface area contributed by atoms with Crippen LogP contribution in [-0.4, -0.2) is 42.3 Å². The van der Waals surface area contributed by atoms with Gasteiger partial charge in [-0.1, -0.05) is 18.2 Å². The molecular weight excluding hydrogens is 312 g/mol. The molecule has 2 aromatic carbocycles. The van der Waals surface area contributed by atoms with Gasteiger partial charge in [0, 0.05) is 11.1 Å². The number of nitrogens with zero attached hydrogens (tertiary/aromatic N) is 1. The Bertz CT molecular complexity index is 760. The lowest BCUT2D eigenvalue weighted by Crippen LogP contribution is -2.40. The Kier molecular flexibility index (Phi) is 5.39. The van der Waals surface area contributed by atoms with E-state index in [1.54, 1.807) is 36.4 Å². The number of carbonyl (C=O) groups is 2. The van der Waals surface area contributed by atoms with E-state index in [0.717, 1.165) is 4.90 Å². The minimum atomic E-state index is -1.17. The Balaban J connectivity index is 2.66. The van der Waals surface area contributed by atoms with Crippen molar-refractivity contribution < 1.29 is 24.5 Å². The van der Waals surface area contributed by atoms with Gasteiger partial charge in [-0.3, -0.25) is 14.5 Å². The van der Waals surface area contributed by atoms with Crippen LogP contribution in [0.3, 0.4) is 0 Å². The van der Waals surface area contributed by atoms with Gasteiger partial charge in [-0.15, -0.1) is 0 Å². The van der Waals surface area contributed by atoms with Crippen LogP contribution in [0.2, 0.25) is 0 Å². The van der Waals surface area contributed by atoms with Gasteiger partial charge in [-0.05, 0) is 24.3 Å². The normalized spacial score (nSPS) is 10.2. The van der Waals surface area contributed by atoms with Gasteiger partial charge in [0.15, 0.2) is 0 Å². The lowest BCUT2D eigenvalue weighted by atomic mass is 10.0. The van der Waals surface area contributed by atoms with Gasteiger partial charge < -0.3 is 20.7 Å². The van der Waals surface area contributed by atoms with Crippen molar-refractivity contribution in [3.63, 3.8) is 0 Å². The molecule has 0 unspecified atom stereocenters. The van der Waals surface area contributed by atoms with Crippen LogP contribution in [0.1, 0.15) is 0 Å². The van der Waals surface area contributed by atoms with Gasteiger partial charge in [0.2, 0.25) is 5.91 Å². The minimum Gasteiger partial charge on any atom is -0.507 e. The molecule has 0 aromatic heterocycles. The zero-order valence-electron chi connectivity index (χ0n) is 13.1. The van der Waals surface area contributed by atoms with E-state index in [9.17, 15) is 14.7 Å². The summed E-state index contributed by atoms with van der Waals surface area (Å²) in [5.41, 5.74) is 6.65. The number of methoxy groups -OCH3 is 1. The lowest BCUT2D eigenvalue weighted by molar-refractivity contribution is -0.136. The third-order valence-electron chi connectivity index (χ3n) is 3.46. The number of hydrogen-bond donors (Lipinski definition) is 3. The van der Waals surface area contributed by atoms with E-state index in [4.69, 9.17) is 15.6 Å². The molecule has 7 heteroatoms. The molecule has 0 aliphatic carbocycles. The van der Waals surface area contributed by atoms with Crippen molar-refractivity contribution in [2.45, 2.75) is 0 Å². The van der Waals surface area contributed by atoms with Gasteiger partial charge in [0.25, 0.3) is 0 Å². The highest BCUT2D eigenvalue weighted by Gasteiger charge is 2.22. The molecule has 4 N–H and O–H groups in total. The first kappa shape index (κ1) is 17.3. The molecule has 0 saturated heterocycles. The van der Waals surface area contributed by atoms with Crippen molar-refractivity contribution >= 4 is 17.6 Å². The summed E-state index contributed by atoms with van der Waals surface area (Å²) in [5.74, 6) is -1.20. The molecule has 0 aliphatic rings. The number of aliphatic carboxylic acids is 1. The summed E-state index contributed by atoms with van der Waals surface area (Å²) in [4.78, 5) is 24.3. The number of anilines is 1. The first-order valence-electron chi connectivity index (χ1n) is 7.16. The molecule has 126 valence electrons. The second kappa shape index (κ2) is 7.47. The second-order valence-electron chi connectivity index (χ2n) is 4.98. The Morgan fingerprint density at radius 3 is 2.46 bits per heavy atom. The molecule has 0 fully saturated rings. The van der Waals surface area contributed by atoms with Crippen LogP contribution >= 0.6 is 0 Å². The number of phenolic OH excluding ortho intramolecular Hbond substituents is 1. The van der Waals surface area contributed by atoms with E-state index >= 15 is 0 Å². The third-order valence-corrected chi connectivity index (χ3v) is 3.46. The highest BCUT2D eigenvalue weighted by Crippen LogP contribution is 2.38. The van der Waals surface area contributed by atoms with E-state index in [1.807, 2.05) is 0 Å². The maximum Gasteiger partial charge on any atom is 0.323 e. The fourth-order valence-electron chi connectivity index (χ4n) is 2.35. The molecule has 0 bridgehead atoms. The monoisotopic (exact) mass is 330 g/mol. The maximum atomic E-state index is 12.1. The van der Waals surface area contributed by atoms with E-state index < -0.39 is 18.4 Å². The molecule has 0 heterocycles. The van der Waals surface area contributed by atoms with E-state index in [0.29, 0.717) is 22.6 Å². The van der Waals surface area contributed by atoms with Gasteiger partial charge in [-0.25, -0.2) is 0 Å². The summed E-state index contributed by atoms with van der Waals surface area (Å²) in [6.07, 6.45) is 0. The number of carbonyl (C=O) groups excluding carboxylic acids is 1.